The summed E-state index contributed by atoms with van der Waals surface area (Å²) < 4.78 is 15.2. The van der Waals surface area contributed by atoms with Gasteiger partial charge in [-0.1, -0.05) is 38.7 Å². The van der Waals surface area contributed by atoms with Crippen molar-refractivity contribution < 1.29 is 29.2 Å². The molecule has 0 saturated carbocycles. The van der Waals surface area contributed by atoms with Gasteiger partial charge in [-0.05, 0) is 26.2 Å². The molecule has 0 spiro atoms. The number of esters is 1. The molecular weight excluding hydrogens is 312 g/mol. The second-order valence-electron chi connectivity index (χ2n) is 5.66. The van der Waals surface area contributed by atoms with E-state index >= 15 is 0 Å². The van der Waals surface area contributed by atoms with Crippen LogP contribution in [0.15, 0.2) is 11.1 Å². The molecule has 6 nitrogen and oxygen atoms in total. The van der Waals surface area contributed by atoms with Crippen molar-refractivity contribution in [2.45, 2.75) is 65.6 Å². The number of aliphatic hydroxyl groups is 2. The fraction of sp³-hybridized carbons (Fsp3) is 0.833. The molecule has 142 valence electrons. The van der Waals surface area contributed by atoms with Crippen LogP contribution >= 0.6 is 0 Å². The predicted molar refractivity (Wildman–Crippen MR) is 92.6 cm³/mol. The fourth-order valence-electron chi connectivity index (χ4n) is 2.25. The molecule has 2 N–H and O–H groups in total. The van der Waals surface area contributed by atoms with Crippen LogP contribution in [0.3, 0.4) is 0 Å². The molecule has 0 saturated heterocycles. The van der Waals surface area contributed by atoms with Crippen LogP contribution in [0.4, 0.5) is 0 Å². The van der Waals surface area contributed by atoms with Crippen LogP contribution in [0, 0.1) is 0 Å². The van der Waals surface area contributed by atoms with Gasteiger partial charge in [0.15, 0.2) is 0 Å². The van der Waals surface area contributed by atoms with Crippen molar-refractivity contribution in [1.82, 2.24) is 0 Å². The average Bonchev–Trinajstić information content (AvgIpc) is 2.57. The van der Waals surface area contributed by atoms with E-state index in [2.05, 4.69) is 6.92 Å². The van der Waals surface area contributed by atoms with Gasteiger partial charge in [-0.2, -0.15) is 0 Å². The molecule has 0 amide bonds. The second-order valence-corrected chi connectivity index (χ2v) is 5.66. The van der Waals surface area contributed by atoms with Gasteiger partial charge in [0.1, 0.15) is 6.61 Å². The van der Waals surface area contributed by atoms with E-state index < -0.39 is 12.3 Å². The van der Waals surface area contributed by atoms with Crippen LogP contribution in [0.1, 0.15) is 59.3 Å². The lowest BCUT2D eigenvalue weighted by Crippen LogP contribution is -2.25. The summed E-state index contributed by atoms with van der Waals surface area (Å²) in [5.41, 5.74) is 1.67. The maximum absolute atomic E-state index is 12.1. The molecule has 0 aromatic heterocycles. The molecule has 0 radical (unpaired) electrons. The lowest BCUT2D eigenvalue weighted by atomic mass is 10.00. The van der Waals surface area contributed by atoms with Crippen molar-refractivity contribution in [2.75, 3.05) is 33.0 Å². The van der Waals surface area contributed by atoms with E-state index in [1.54, 1.807) is 6.92 Å². The molecule has 0 aliphatic carbocycles. The highest BCUT2D eigenvalue weighted by molar-refractivity contribution is 5.88. The first-order valence-corrected chi connectivity index (χ1v) is 8.90. The van der Waals surface area contributed by atoms with Crippen LogP contribution < -0.4 is 0 Å². The smallest absolute Gasteiger partial charge is 0.336 e. The fourth-order valence-corrected chi connectivity index (χ4v) is 2.25. The second kappa shape index (κ2) is 15.6. The SMILES string of the molecule is CCCCCC/C(CC)=C(/C)C(=O)OC(O)COCCOCCO. The monoisotopic (exact) mass is 346 g/mol. The predicted octanol–water partition coefficient (Wildman–Crippen LogP) is 2.57. The quantitative estimate of drug-likeness (QED) is 0.205. The number of carbonyl (C=O) groups excluding carboxylic acids is 1. The van der Waals surface area contributed by atoms with Gasteiger partial charge in [0.05, 0.1) is 26.4 Å². The largest absolute Gasteiger partial charge is 0.430 e. The van der Waals surface area contributed by atoms with E-state index in [4.69, 9.17) is 19.3 Å². The van der Waals surface area contributed by atoms with Gasteiger partial charge in [0.25, 0.3) is 0 Å². The Hall–Kier alpha value is -0.950. The summed E-state index contributed by atoms with van der Waals surface area (Å²) in [5.74, 6) is -0.491. The molecule has 0 heterocycles. The van der Waals surface area contributed by atoms with Crippen molar-refractivity contribution >= 4 is 5.97 Å². The first-order valence-electron chi connectivity index (χ1n) is 8.90. The van der Waals surface area contributed by atoms with Crippen molar-refractivity contribution in [3.63, 3.8) is 0 Å². The molecule has 0 aliphatic rings. The Kier molecular flexibility index (Phi) is 15.0. The average molecular weight is 346 g/mol. The Labute approximate surface area is 145 Å². The summed E-state index contributed by atoms with van der Waals surface area (Å²) >= 11 is 0. The molecule has 0 fully saturated rings. The summed E-state index contributed by atoms with van der Waals surface area (Å²) in [5, 5.41) is 18.2. The molecule has 0 aromatic carbocycles. The number of unbranched alkanes of at least 4 members (excludes halogenated alkanes) is 3. The van der Waals surface area contributed by atoms with E-state index in [1.807, 2.05) is 6.92 Å². The first kappa shape index (κ1) is 23.1. The lowest BCUT2D eigenvalue weighted by molar-refractivity contribution is -0.173. The molecule has 0 bridgehead atoms. The third-order valence-electron chi connectivity index (χ3n) is 3.71. The number of allylic oxidation sites excluding steroid dienone is 1. The minimum Gasteiger partial charge on any atom is -0.430 e. The van der Waals surface area contributed by atoms with Crippen molar-refractivity contribution in [3.8, 4) is 0 Å². The minimum absolute atomic E-state index is 0.0376. The lowest BCUT2D eigenvalue weighted by Gasteiger charge is -2.15. The van der Waals surface area contributed by atoms with Crippen molar-refractivity contribution in [3.05, 3.63) is 11.1 Å². The van der Waals surface area contributed by atoms with Gasteiger partial charge in [-0.15, -0.1) is 0 Å². The molecule has 24 heavy (non-hydrogen) atoms. The standard InChI is InChI=1S/C18H34O6/c1-4-6-7-8-9-16(5-2)15(3)18(21)24-17(20)14-23-13-12-22-11-10-19/h17,19-20H,4-14H2,1-3H3/b16-15-. The maximum atomic E-state index is 12.1. The van der Waals surface area contributed by atoms with Crippen LogP contribution in [0.2, 0.25) is 0 Å². The third kappa shape index (κ3) is 11.6. The van der Waals surface area contributed by atoms with E-state index in [0.717, 1.165) is 31.3 Å². The highest BCUT2D eigenvalue weighted by atomic mass is 16.7. The normalized spacial score (nSPS) is 13.5. The first-order chi connectivity index (χ1) is 11.6. The van der Waals surface area contributed by atoms with Crippen LogP contribution in [0.25, 0.3) is 0 Å². The van der Waals surface area contributed by atoms with Gasteiger partial charge in [-0.25, -0.2) is 4.79 Å². The zero-order valence-electron chi connectivity index (χ0n) is 15.4. The number of aliphatic hydroxyl groups excluding tert-OH is 2. The van der Waals surface area contributed by atoms with E-state index in [9.17, 15) is 9.90 Å². The molecule has 1 unspecified atom stereocenters. The summed E-state index contributed by atoms with van der Waals surface area (Å²) in [6, 6.07) is 0. The minimum atomic E-state index is -1.29. The van der Waals surface area contributed by atoms with Crippen LogP contribution in [-0.4, -0.2) is 55.5 Å². The molecule has 0 rings (SSSR count). The zero-order chi connectivity index (χ0) is 18.2. The molecular formula is C18H34O6. The Morgan fingerprint density at radius 1 is 1.04 bits per heavy atom. The summed E-state index contributed by atoms with van der Waals surface area (Å²) in [4.78, 5) is 12.1. The number of hydrogen-bond acceptors (Lipinski definition) is 6. The highest BCUT2D eigenvalue weighted by Gasteiger charge is 2.15. The highest BCUT2D eigenvalue weighted by Crippen LogP contribution is 2.18. The molecule has 0 aliphatic heterocycles. The number of carbonyl (C=O) groups is 1. The van der Waals surface area contributed by atoms with Crippen LogP contribution in [0.5, 0.6) is 0 Å². The number of rotatable bonds is 15. The van der Waals surface area contributed by atoms with Gasteiger partial charge >= 0.3 is 5.97 Å². The van der Waals surface area contributed by atoms with Gasteiger partial charge in [-0.3, -0.25) is 0 Å². The van der Waals surface area contributed by atoms with E-state index in [0.29, 0.717) is 12.2 Å². The zero-order valence-corrected chi connectivity index (χ0v) is 15.4. The number of ether oxygens (including phenoxy) is 3. The topological polar surface area (TPSA) is 85.2 Å². The van der Waals surface area contributed by atoms with Crippen LogP contribution in [-0.2, 0) is 19.0 Å². The molecule has 1 atom stereocenters. The van der Waals surface area contributed by atoms with E-state index in [1.165, 1.54) is 12.8 Å². The Bertz CT molecular complexity index is 353. The van der Waals surface area contributed by atoms with Crippen molar-refractivity contribution in [2.24, 2.45) is 0 Å². The van der Waals surface area contributed by atoms with Gasteiger partial charge in [0, 0.05) is 5.57 Å². The third-order valence-corrected chi connectivity index (χ3v) is 3.71. The maximum Gasteiger partial charge on any atom is 0.336 e. The summed E-state index contributed by atoms with van der Waals surface area (Å²) in [6.45, 7) is 6.64. The van der Waals surface area contributed by atoms with Gasteiger partial charge in [0.2, 0.25) is 6.29 Å². The molecule has 6 heteroatoms. The Morgan fingerprint density at radius 2 is 1.75 bits per heavy atom. The Morgan fingerprint density at radius 3 is 2.38 bits per heavy atom. The van der Waals surface area contributed by atoms with Gasteiger partial charge < -0.3 is 24.4 Å². The Balaban J connectivity index is 4.12. The van der Waals surface area contributed by atoms with E-state index in [-0.39, 0.29) is 26.4 Å². The number of hydrogen-bond donors (Lipinski definition) is 2. The summed E-state index contributed by atoms with van der Waals surface area (Å²) in [7, 11) is 0. The molecule has 0 aromatic rings. The summed E-state index contributed by atoms with van der Waals surface area (Å²) in [6.07, 6.45) is 5.04. The van der Waals surface area contributed by atoms with Crippen molar-refractivity contribution in [1.29, 1.82) is 0 Å².